The zero-order chi connectivity index (χ0) is 17.9. The van der Waals surface area contributed by atoms with E-state index in [0.29, 0.717) is 5.56 Å². The quantitative estimate of drug-likeness (QED) is 0.726. The SMILES string of the molecule is O=S(=O)(NCCc1nnc(-c2ccc(F)cc2)o1)c1ccc(F)cc1. The van der Waals surface area contributed by atoms with Gasteiger partial charge < -0.3 is 4.42 Å². The van der Waals surface area contributed by atoms with E-state index in [1.807, 2.05) is 0 Å². The van der Waals surface area contributed by atoms with Crippen molar-refractivity contribution in [1.82, 2.24) is 14.9 Å². The van der Waals surface area contributed by atoms with Crippen LogP contribution in [0.15, 0.2) is 57.8 Å². The van der Waals surface area contributed by atoms with Crippen molar-refractivity contribution in [2.45, 2.75) is 11.3 Å². The van der Waals surface area contributed by atoms with Gasteiger partial charge >= 0.3 is 0 Å². The van der Waals surface area contributed by atoms with Crippen LogP contribution in [0.3, 0.4) is 0 Å². The van der Waals surface area contributed by atoms with Crippen molar-refractivity contribution >= 4 is 10.0 Å². The van der Waals surface area contributed by atoms with Crippen LogP contribution in [-0.4, -0.2) is 25.2 Å². The van der Waals surface area contributed by atoms with Gasteiger partial charge in [-0.05, 0) is 48.5 Å². The Labute approximate surface area is 142 Å². The average molecular weight is 365 g/mol. The minimum Gasteiger partial charge on any atom is -0.421 e. The first-order valence-electron chi connectivity index (χ1n) is 7.27. The van der Waals surface area contributed by atoms with E-state index < -0.39 is 15.8 Å². The monoisotopic (exact) mass is 365 g/mol. The zero-order valence-electron chi connectivity index (χ0n) is 12.8. The molecule has 0 aliphatic carbocycles. The van der Waals surface area contributed by atoms with E-state index in [2.05, 4.69) is 14.9 Å². The molecule has 6 nitrogen and oxygen atoms in total. The van der Waals surface area contributed by atoms with E-state index in [4.69, 9.17) is 4.42 Å². The number of benzene rings is 2. The van der Waals surface area contributed by atoms with E-state index >= 15 is 0 Å². The second-order valence-corrected chi connectivity index (χ2v) is 6.88. The summed E-state index contributed by atoms with van der Waals surface area (Å²) in [6.45, 7) is 0.0325. The molecule has 1 heterocycles. The zero-order valence-corrected chi connectivity index (χ0v) is 13.6. The van der Waals surface area contributed by atoms with Crippen molar-refractivity contribution in [2.75, 3.05) is 6.54 Å². The molecule has 3 rings (SSSR count). The lowest BCUT2D eigenvalue weighted by atomic mass is 10.2. The van der Waals surface area contributed by atoms with Crippen LogP contribution < -0.4 is 4.72 Å². The van der Waals surface area contributed by atoms with Crippen molar-refractivity contribution in [1.29, 1.82) is 0 Å². The van der Waals surface area contributed by atoms with Crippen LogP contribution in [0.25, 0.3) is 11.5 Å². The number of rotatable bonds is 6. The van der Waals surface area contributed by atoms with Gasteiger partial charge in [-0.2, -0.15) is 0 Å². The van der Waals surface area contributed by atoms with Gasteiger partial charge in [-0.15, -0.1) is 10.2 Å². The summed E-state index contributed by atoms with van der Waals surface area (Å²) in [4.78, 5) is -0.0357. The van der Waals surface area contributed by atoms with Crippen molar-refractivity contribution in [2.24, 2.45) is 0 Å². The van der Waals surface area contributed by atoms with Gasteiger partial charge in [0.25, 0.3) is 0 Å². The summed E-state index contributed by atoms with van der Waals surface area (Å²) >= 11 is 0. The maximum Gasteiger partial charge on any atom is 0.247 e. The van der Waals surface area contributed by atoms with Crippen molar-refractivity contribution in [3.05, 3.63) is 66.1 Å². The summed E-state index contributed by atoms with van der Waals surface area (Å²) in [7, 11) is -3.75. The standard InChI is InChI=1S/C16H13F2N3O3S/c17-12-3-1-11(2-4-12)16-21-20-15(24-16)9-10-19-25(22,23)14-7-5-13(18)6-8-14/h1-8,19H,9-10H2. The number of nitrogens with zero attached hydrogens (tertiary/aromatic N) is 2. The second kappa shape index (κ2) is 7.08. The summed E-state index contributed by atoms with van der Waals surface area (Å²) in [5.41, 5.74) is 0.562. The molecule has 130 valence electrons. The van der Waals surface area contributed by atoms with Crippen LogP contribution in [0.2, 0.25) is 0 Å². The van der Waals surface area contributed by atoms with Crippen molar-refractivity contribution in [3.8, 4) is 11.5 Å². The largest absolute Gasteiger partial charge is 0.421 e. The molecule has 25 heavy (non-hydrogen) atoms. The summed E-state index contributed by atoms with van der Waals surface area (Å²) in [6, 6.07) is 10.1. The number of sulfonamides is 1. The fourth-order valence-electron chi connectivity index (χ4n) is 2.05. The van der Waals surface area contributed by atoms with Gasteiger partial charge in [-0.3, -0.25) is 0 Å². The normalized spacial score (nSPS) is 11.6. The maximum atomic E-state index is 12.9. The first-order valence-corrected chi connectivity index (χ1v) is 8.76. The molecule has 0 amide bonds. The topological polar surface area (TPSA) is 85.1 Å². The van der Waals surface area contributed by atoms with Crippen LogP contribution in [0.5, 0.6) is 0 Å². The number of nitrogens with one attached hydrogen (secondary N) is 1. The minimum atomic E-state index is -3.75. The van der Waals surface area contributed by atoms with Gasteiger partial charge in [0.15, 0.2) is 0 Å². The molecule has 0 unspecified atom stereocenters. The Balaban J connectivity index is 1.61. The predicted molar refractivity (Wildman–Crippen MR) is 85.0 cm³/mol. The molecule has 1 aromatic heterocycles. The lowest BCUT2D eigenvalue weighted by Crippen LogP contribution is -2.26. The van der Waals surface area contributed by atoms with Crippen LogP contribution >= 0.6 is 0 Å². The highest BCUT2D eigenvalue weighted by Crippen LogP contribution is 2.18. The van der Waals surface area contributed by atoms with Gasteiger partial charge in [0.2, 0.25) is 21.8 Å². The molecule has 2 aromatic carbocycles. The first kappa shape index (κ1) is 17.2. The predicted octanol–water partition coefficient (Wildman–Crippen LogP) is 2.54. The van der Waals surface area contributed by atoms with E-state index in [9.17, 15) is 17.2 Å². The molecule has 0 saturated carbocycles. The maximum absolute atomic E-state index is 12.9. The Morgan fingerprint density at radius 1 is 0.920 bits per heavy atom. The average Bonchev–Trinajstić information content (AvgIpc) is 3.04. The van der Waals surface area contributed by atoms with Gasteiger partial charge in [0.1, 0.15) is 11.6 Å². The third kappa shape index (κ3) is 4.25. The fourth-order valence-corrected chi connectivity index (χ4v) is 3.09. The van der Waals surface area contributed by atoms with Crippen molar-refractivity contribution in [3.63, 3.8) is 0 Å². The molecule has 0 bridgehead atoms. The molecular weight excluding hydrogens is 352 g/mol. The highest BCUT2D eigenvalue weighted by atomic mass is 32.2. The van der Waals surface area contributed by atoms with Gasteiger partial charge in [0.05, 0.1) is 4.90 Å². The molecule has 0 atom stereocenters. The summed E-state index contributed by atoms with van der Waals surface area (Å²) in [5, 5.41) is 7.67. The minimum absolute atomic E-state index is 0.0325. The lowest BCUT2D eigenvalue weighted by Gasteiger charge is -2.05. The molecule has 1 N–H and O–H groups in total. The summed E-state index contributed by atoms with van der Waals surface area (Å²) in [5.74, 6) is -0.436. The van der Waals surface area contributed by atoms with Crippen LogP contribution in [0, 0.1) is 11.6 Å². The van der Waals surface area contributed by atoms with E-state index in [1.165, 1.54) is 36.4 Å². The Morgan fingerprint density at radius 2 is 1.52 bits per heavy atom. The Morgan fingerprint density at radius 3 is 2.16 bits per heavy atom. The molecular formula is C16H13F2N3O3S. The van der Waals surface area contributed by atoms with Gasteiger partial charge in [0, 0.05) is 18.5 Å². The molecule has 9 heteroatoms. The van der Waals surface area contributed by atoms with Gasteiger partial charge in [-0.25, -0.2) is 21.9 Å². The highest BCUT2D eigenvalue weighted by molar-refractivity contribution is 7.89. The third-order valence-electron chi connectivity index (χ3n) is 3.31. The Hall–Kier alpha value is -2.65. The van der Waals surface area contributed by atoms with Crippen LogP contribution in [-0.2, 0) is 16.4 Å². The molecule has 0 saturated heterocycles. The molecule has 0 aliphatic heterocycles. The van der Waals surface area contributed by atoms with Gasteiger partial charge in [-0.1, -0.05) is 0 Å². The fraction of sp³-hybridized carbons (Fsp3) is 0.125. The van der Waals surface area contributed by atoms with E-state index in [-0.39, 0.29) is 35.5 Å². The number of halogens is 2. The van der Waals surface area contributed by atoms with Crippen molar-refractivity contribution < 1.29 is 21.6 Å². The molecule has 3 aromatic rings. The summed E-state index contributed by atoms with van der Waals surface area (Å²) in [6.07, 6.45) is 0.175. The number of hydrogen-bond donors (Lipinski definition) is 1. The highest BCUT2D eigenvalue weighted by Gasteiger charge is 2.15. The number of aromatic nitrogens is 2. The first-order chi connectivity index (χ1) is 11.9. The summed E-state index contributed by atoms with van der Waals surface area (Å²) < 4.78 is 57.6. The molecule has 0 spiro atoms. The smallest absolute Gasteiger partial charge is 0.247 e. The number of hydrogen-bond acceptors (Lipinski definition) is 5. The lowest BCUT2D eigenvalue weighted by molar-refractivity contribution is 0.502. The van der Waals surface area contributed by atoms with E-state index in [0.717, 1.165) is 12.1 Å². The second-order valence-electron chi connectivity index (χ2n) is 5.11. The Bertz CT molecular complexity index is 955. The molecule has 0 radical (unpaired) electrons. The van der Waals surface area contributed by atoms with Crippen LogP contribution in [0.1, 0.15) is 5.89 Å². The molecule has 0 fully saturated rings. The molecule has 0 aliphatic rings. The Kier molecular flexibility index (Phi) is 4.86. The van der Waals surface area contributed by atoms with E-state index in [1.54, 1.807) is 0 Å². The van der Waals surface area contributed by atoms with Crippen LogP contribution in [0.4, 0.5) is 8.78 Å². The third-order valence-corrected chi connectivity index (χ3v) is 4.79.